The lowest BCUT2D eigenvalue weighted by molar-refractivity contribution is -0.385. The van der Waals surface area contributed by atoms with Crippen molar-refractivity contribution < 1.29 is 14.1 Å². The molecule has 0 saturated carbocycles. The van der Waals surface area contributed by atoms with E-state index in [0.717, 1.165) is 28.2 Å². The highest BCUT2D eigenvalue weighted by atomic mass is 79.9. The van der Waals surface area contributed by atoms with Crippen LogP contribution in [0.4, 0.5) is 15.8 Å². The fourth-order valence-corrected chi connectivity index (χ4v) is 2.03. The number of nitrogens with zero attached hydrogens (tertiary/aromatic N) is 1. The van der Waals surface area contributed by atoms with Gasteiger partial charge in [0.25, 0.3) is 11.6 Å². The molecule has 0 bridgehead atoms. The van der Waals surface area contributed by atoms with Gasteiger partial charge in [-0.25, -0.2) is 4.39 Å². The van der Waals surface area contributed by atoms with Crippen LogP contribution in [0.15, 0.2) is 40.9 Å². The summed E-state index contributed by atoms with van der Waals surface area (Å²) in [5.41, 5.74) is 0.837. The molecule has 21 heavy (non-hydrogen) atoms. The minimum absolute atomic E-state index is 0.109. The second kappa shape index (κ2) is 6.01. The van der Waals surface area contributed by atoms with E-state index >= 15 is 0 Å². The predicted molar refractivity (Wildman–Crippen MR) is 79.9 cm³/mol. The summed E-state index contributed by atoms with van der Waals surface area (Å²) in [6.07, 6.45) is 0. The van der Waals surface area contributed by atoms with E-state index in [0.29, 0.717) is 5.56 Å². The lowest BCUT2D eigenvalue weighted by Crippen LogP contribution is -2.13. The van der Waals surface area contributed by atoms with Crippen molar-refractivity contribution in [3.05, 3.63) is 67.9 Å². The van der Waals surface area contributed by atoms with Gasteiger partial charge in [0.2, 0.25) is 0 Å². The normalized spacial score (nSPS) is 10.2. The SMILES string of the molecule is Cc1ccc(C(=O)Nc2ccc([N+](=O)[O-])cc2F)cc1Br. The summed E-state index contributed by atoms with van der Waals surface area (Å²) in [5, 5.41) is 12.9. The molecule has 2 aromatic rings. The second-order valence-electron chi connectivity index (χ2n) is 4.34. The molecule has 0 aliphatic carbocycles. The van der Waals surface area contributed by atoms with Crippen LogP contribution < -0.4 is 5.32 Å². The average Bonchev–Trinajstić information content (AvgIpc) is 2.43. The molecule has 108 valence electrons. The Labute approximate surface area is 128 Å². The molecule has 0 fully saturated rings. The van der Waals surface area contributed by atoms with E-state index < -0.39 is 16.6 Å². The third-order valence-electron chi connectivity index (χ3n) is 2.85. The predicted octanol–water partition coefficient (Wildman–Crippen LogP) is 4.06. The Kier molecular flexibility index (Phi) is 4.32. The van der Waals surface area contributed by atoms with Crippen LogP contribution in [-0.2, 0) is 0 Å². The van der Waals surface area contributed by atoms with Crippen LogP contribution in [-0.4, -0.2) is 10.8 Å². The quantitative estimate of drug-likeness (QED) is 0.668. The van der Waals surface area contributed by atoms with E-state index in [1.807, 2.05) is 6.92 Å². The summed E-state index contributed by atoms with van der Waals surface area (Å²) in [6, 6.07) is 8.04. The molecule has 0 radical (unpaired) electrons. The molecule has 0 aromatic heterocycles. The molecule has 0 spiro atoms. The number of non-ortho nitro benzene ring substituents is 1. The Morgan fingerprint density at radius 1 is 1.29 bits per heavy atom. The van der Waals surface area contributed by atoms with Crippen LogP contribution in [0.3, 0.4) is 0 Å². The number of hydrogen-bond donors (Lipinski definition) is 1. The number of nitro benzene ring substituents is 1. The molecule has 0 aliphatic heterocycles. The van der Waals surface area contributed by atoms with Crippen molar-refractivity contribution in [2.75, 3.05) is 5.32 Å². The summed E-state index contributed by atoms with van der Waals surface area (Å²) in [5.74, 6) is -1.35. The Hall–Kier alpha value is -2.28. The largest absolute Gasteiger partial charge is 0.319 e. The fourth-order valence-electron chi connectivity index (χ4n) is 1.65. The lowest BCUT2D eigenvalue weighted by atomic mass is 10.1. The number of carbonyl (C=O) groups excluding carboxylic acids is 1. The number of halogens is 2. The Morgan fingerprint density at radius 3 is 2.57 bits per heavy atom. The first-order chi connectivity index (χ1) is 9.88. The van der Waals surface area contributed by atoms with Crippen molar-refractivity contribution in [3.8, 4) is 0 Å². The van der Waals surface area contributed by atoms with Crippen LogP contribution >= 0.6 is 15.9 Å². The highest BCUT2D eigenvalue weighted by molar-refractivity contribution is 9.10. The minimum atomic E-state index is -0.858. The number of nitrogens with one attached hydrogen (secondary N) is 1. The number of rotatable bonds is 3. The van der Waals surface area contributed by atoms with Crippen molar-refractivity contribution in [2.24, 2.45) is 0 Å². The smallest absolute Gasteiger partial charge is 0.272 e. The minimum Gasteiger partial charge on any atom is -0.319 e. The van der Waals surface area contributed by atoms with Crippen molar-refractivity contribution in [2.45, 2.75) is 6.92 Å². The molecule has 1 N–H and O–H groups in total. The van der Waals surface area contributed by atoms with Gasteiger partial charge < -0.3 is 5.32 Å². The summed E-state index contributed by atoms with van der Waals surface area (Å²) in [6.45, 7) is 1.88. The highest BCUT2D eigenvalue weighted by Crippen LogP contribution is 2.22. The van der Waals surface area contributed by atoms with Gasteiger partial charge in [-0.3, -0.25) is 14.9 Å². The van der Waals surface area contributed by atoms with Crippen molar-refractivity contribution >= 4 is 33.2 Å². The first kappa shape index (κ1) is 15.1. The first-order valence-electron chi connectivity index (χ1n) is 5.90. The van der Waals surface area contributed by atoms with Crippen molar-refractivity contribution in [1.29, 1.82) is 0 Å². The molecule has 7 heteroatoms. The third kappa shape index (κ3) is 3.43. The van der Waals surface area contributed by atoms with E-state index in [9.17, 15) is 19.3 Å². The molecular formula is C14H10BrFN2O3. The third-order valence-corrected chi connectivity index (χ3v) is 3.70. The Morgan fingerprint density at radius 2 is 2.00 bits per heavy atom. The maximum atomic E-state index is 13.7. The number of hydrogen-bond acceptors (Lipinski definition) is 3. The van der Waals surface area contributed by atoms with Gasteiger partial charge in [-0.15, -0.1) is 0 Å². The zero-order valence-electron chi connectivity index (χ0n) is 10.9. The molecule has 1 amide bonds. The monoisotopic (exact) mass is 352 g/mol. The number of amides is 1. The number of nitro groups is 1. The first-order valence-corrected chi connectivity index (χ1v) is 6.69. The lowest BCUT2D eigenvalue weighted by Gasteiger charge is -2.07. The van der Waals surface area contributed by atoms with E-state index in [1.165, 1.54) is 0 Å². The summed E-state index contributed by atoms with van der Waals surface area (Å²) >= 11 is 3.31. The van der Waals surface area contributed by atoms with Crippen LogP contribution in [0.25, 0.3) is 0 Å². The maximum absolute atomic E-state index is 13.7. The van der Waals surface area contributed by atoms with Gasteiger partial charge in [0.05, 0.1) is 16.7 Å². The van der Waals surface area contributed by atoms with Gasteiger partial charge in [0.15, 0.2) is 5.82 Å². The van der Waals surface area contributed by atoms with E-state index in [-0.39, 0.29) is 11.4 Å². The van der Waals surface area contributed by atoms with Gasteiger partial charge in [0.1, 0.15) is 0 Å². The van der Waals surface area contributed by atoms with Crippen LogP contribution in [0.1, 0.15) is 15.9 Å². The van der Waals surface area contributed by atoms with Gasteiger partial charge in [-0.2, -0.15) is 0 Å². The topological polar surface area (TPSA) is 72.2 Å². The molecule has 0 aliphatic rings. The highest BCUT2D eigenvalue weighted by Gasteiger charge is 2.14. The van der Waals surface area contributed by atoms with Crippen LogP contribution in [0.2, 0.25) is 0 Å². The molecule has 2 rings (SSSR count). The van der Waals surface area contributed by atoms with Gasteiger partial charge in [-0.1, -0.05) is 22.0 Å². The average molecular weight is 353 g/mol. The molecule has 5 nitrogen and oxygen atoms in total. The van der Waals surface area contributed by atoms with Crippen molar-refractivity contribution in [1.82, 2.24) is 0 Å². The molecular weight excluding hydrogens is 343 g/mol. The standard InChI is InChI=1S/C14H10BrFN2O3/c1-8-2-3-9(6-11(8)15)14(19)17-13-5-4-10(18(20)21)7-12(13)16/h2-7H,1H3,(H,17,19). The number of anilines is 1. The fraction of sp³-hybridized carbons (Fsp3) is 0.0714. The zero-order chi connectivity index (χ0) is 15.6. The van der Waals surface area contributed by atoms with Gasteiger partial charge in [-0.05, 0) is 30.7 Å². The second-order valence-corrected chi connectivity index (χ2v) is 5.19. The van der Waals surface area contributed by atoms with E-state index in [1.54, 1.807) is 18.2 Å². The number of benzene rings is 2. The molecule has 0 heterocycles. The summed E-state index contributed by atoms with van der Waals surface area (Å²) in [4.78, 5) is 21.8. The number of aryl methyl sites for hydroxylation is 1. The summed E-state index contributed by atoms with van der Waals surface area (Å²) in [7, 11) is 0. The maximum Gasteiger partial charge on any atom is 0.272 e. The van der Waals surface area contributed by atoms with E-state index in [4.69, 9.17) is 0 Å². The van der Waals surface area contributed by atoms with Gasteiger partial charge >= 0.3 is 0 Å². The zero-order valence-corrected chi connectivity index (χ0v) is 12.5. The van der Waals surface area contributed by atoms with Crippen molar-refractivity contribution in [3.63, 3.8) is 0 Å². The number of carbonyl (C=O) groups is 1. The molecule has 0 atom stereocenters. The summed E-state index contributed by atoms with van der Waals surface area (Å²) < 4.78 is 14.5. The van der Waals surface area contributed by atoms with Gasteiger partial charge in [0, 0.05) is 16.1 Å². The van der Waals surface area contributed by atoms with Crippen LogP contribution in [0.5, 0.6) is 0 Å². The van der Waals surface area contributed by atoms with Crippen LogP contribution in [0, 0.1) is 22.9 Å². The Balaban J connectivity index is 2.23. The molecule has 0 saturated heterocycles. The Bertz CT molecular complexity index is 734. The molecule has 2 aromatic carbocycles. The van der Waals surface area contributed by atoms with E-state index in [2.05, 4.69) is 21.2 Å². The molecule has 0 unspecified atom stereocenters.